The third-order valence-corrected chi connectivity index (χ3v) is 6.16. The number of ether oxygens (including phenoxy) is 1. The zero-order valence-electron chi connectivity index (χ0n) is 16.0. The molecule has 28 heavy (non-hydrogen) atoms. The molecule has 9 heteroatoms. The van der Waals surface area contributed by atoms with Gasteiger partial charge < -0.3 is 9.64 Å². The van der Waals surface area contributed by atoms with Crippen molar-refractivity contribution < 1.29 is 17.9 Å². The first kappa shape index (κ1) is 22.3. The van der Waals surface area contributed by atoms with Gasteiger partial charge in [0.1, 0.15) is 11.8 Å². The van der Waals surface area contributed by atoms with Gasteiger partial charge in [0.2, 0.25) is 15.9 Å². The maximum atomic E-state index is 12.9. The van der Waals surface area contributed by atoms with Crippen LogP contribution in [0.3, 0.4) is 0 Å². The molecule has 6 nitrogen and oxygen atoms in total. The normalized spacial score (nSPS) is 12.4. The Bertz CT molecular complexity index is 949. The second kappa shape index (κ2) is 9.03. The van der Waals surface area contributed by atoms with Crippen molar-refractivity contribution in [3.05, 3.63) is 58.1 Å². The van der Waals surface area contributed by atoms with Crippen molar-refractivity contribution in [2.24, 2.45) is 0 Å². The van der Waals surface area contributed by atoms with Crippen molar-refractivity contribution in [2.45, 2.75) is 19.5 Å². The Kier molecular flexibility index (Phi) is 7.20. The Balaban J connectivity index is 2.25. The number of hydrogen-bond donors (Lipinski definition) is 0. The van der Waals surface area contributed by atoms with Crippen LogP contribution in [-0.2, 0) is 21.4 Å². The number of rotatable bonds is 7. The lowest BCUT2D eigenvalue weighted by molar-refractivity contribution is -0.131. The highest BCUT2D eigenvalue weighted by atomic mass is 35.5. The predicted octanol–water partition coefficient (Wildman–Crippen LogP) is 3.82. The van der Waals surface area contributed by atoms with Crippen molar-refractivity contribution in [1.82, 2.24) is 4.90 Å². The number of halogens is 2. The molecule has 0 heterocycles. The van der Waals surface area contributed by atoms with Crippen molar-refractivity contribution in [1.29, 1.82) is 0 Å². The SMILES string of the molecule is COc1ccc(CN(C)C(=O)C(C)N(c2ccc(Cl)c(Cl)c2)S(C)(=O)=O)cc1. The molecule has 1 atom stereocenters. The summed E-state index contributed by atoms with van der Waals surface area (Å²) in [5.41, 5.74) is 1.17. The maximum absolute atomic E-state index is 12.9. The molecule has 0 aromatic heterocycles. The van der Waals surface area contributed by atoms with Crippen LogP contribution in [0, 0.1) is 0 Å². The molecule has 2 aromatic rings. The van der Waals surface area contributed by atoms with E-state index in [1.807, 2.05) is 12.1 Å². The van der Waals surface area contributed by atoms with Gasteiger partial charge >= 0.3 is 0 Å². The van der Waals surface area contributed by atoms with Gasteiger partial charge in [0.25, 0.3) is 0 Å². The number of anilines is 1. The smallest absolute Gasteiger partial charge is 0.246 e. The average Bonchev–Trinajstić information content (AvgIpc) is 2.63. The van der Waals surface area contributed by atoms with Gasteiger partial charge in [-0.3, -0.25) is 9.10 Å². The number of likely N-dealkylation sites (N-methyl/N-ethyl adjacent to an activating group) is 1. The van der Waals surface area contributed by atoms with Gasteiger partial charge in [0.05, 0.1) is 29.1 Å². The first-order valence-corrected chi connectivity index (χ1v) is 11.0. The summed E-state index contributed by atoms with van der Waals surface area (Å²) < 4.78 is 30.9. The van der Waals surface area contributed by atoms with Crippen molar-refractivity contribution in [3.8, 4) is 5.75 Å². The molecule has 0 radical (unpaired) electrons. The molecule has 2 aromatic carbocycles. The topological polar surface area (TPSA) is 66.9 Å². The first-order valence-electron chi connectivity index (χ1n) is 8.37. The summed E-state index contributed by atoms with van der Waals surface area (Å²) in [4.78, 5) is 14.4. The molecule has 1 amide bonds. The molecule has 2 rings (SSSR count). The minimum absolute atomic E-state index is 0.207. The third-order valence-electron chi connectivity index (χ3n) is 4.18. The summed E-state index contributed by atoms with van der Waals surface area (Å²) in [7, 11) is -0.538. The number of sulfonamides is 1. The number of carbonyl (C=O) groups excluding carboxylic acids is 1. The van der Waals surface area contributed by atoms with E-state index >= 15 is 0 Å². The van der Waals surface area contributed by atoms with Crippen LogP contribution in [0.5, 0.6) is 5.75 Å². The van der Waals surface area contributed by atoms with E-state index in [-0.39, 0.29) is 16.6 Å². The molecular weight excluding hydrogens is 423 g/mol. The Labute approximate surface area is 175 Å². The van der Waals surface area contributed by atoms with Gasteiger partial charge in [0, 0.05) is 13.6 Å². The van der Waals surface area contributed by atoms with Gasteiger partial charge in [-0.2, -0.15) is 0 Å². The number of benzene rings is 2. The highest BCUT2D eigenvalue weighted by Gasteiger charge is 2.31. The van der Waals surface area contributed by atoms with E-state index < -0.39 is 16.1 Å². The number of carbonyl (C=O) groups is 1. The molecule has 1 unspecified atom stereocenters. The van der Waals surface area contributed by atoms with Gasteiger partial charge in [-0.1, -0.05) is 35.3 Å². The molecule has 0 N–H and O–H groups in total. The number of methoxy groups -OCH3 is 1. The summed E-state index contributed by atoms with van der Waals surface area (Å²) >= 11 is 11.9. The summed E-state index contributed by atoms with van der Waals surface area (Å²) in [5.74, 6) is 0.362. The van der Waals surface area contributed by atoms with Crippen LogP contribution in [0.25, 0.3) is 0 Å². The summed E-state index contributed by atoms with van der Waals surface area (Å²) in [6.45, 7) is 1.86. The molecule has 0 aliphatic rings. The lowest BCUT2D eigenvalue weighted by Crippen LogP contribution is -2.48. The van der Waals surface area contributed by atoms with Gasteiger partial charge in [-0.15, -0.1) is 0 Å². The van der Waals surface area contributed by atoms with Crippen molar-refractivity contribution in [2.75, 3.05) is 24.7 Å². The van der Waals surface area contributed by atoms with Gasteiger partial charge in [-0.05, 0) is 42.8 Å². The molecule has 0 spiro atoms. The fourth-order valence-corrected chi connectivity index (χ4v) is 4.28. The summed E-state index contributed by atoms with van der Waals surface area (Å²) in [6.07, 6.45) is 1.04. The van der Waals surface area contributed by atoms with Crippen LogP contribution >= 0.6 is 23.2 Å². The summed E-state index contributed by atoms with van der Waals surface area (Å²) in [6, 6.07) is 10.8. The fourth-order valence-electron chi connectivity index (χ4n) is 2.83. The Morgan fingerprint density at radius 2 is 1.71 bits per heavy atom. The predicted molar refractivity (Wildman–Crippen MR) is 113 cm³/mol. The summed E-state index contributed by atoms with van der Waals surface area (Å²) in [5, 5.41) is 0.508. The molecule has 0 bridgehead atoms. The lowest BCUT2D eigenvalue weighted by Gasteiger charge is -2.31. The quantitative estimate of drug-likeness (QED) is 0.650. The van der Waals surface area contributed by atoms with Crippen molar-refractivity contribution in [3.63, 3.8) is 0 Å². The molecule has 0 saturated carbocycles. The highest BCUT2D eigenvalue weighted by Crippen LogP contribution is 2.30. The molecule has 0 fully saturated rings. The van der Waals surface area contributed by atoms with E-state index in [2.05, 4.69) is 0 Å². The van der Waals surface area contributed by atoms with E-state index in [9.17, 15) is 13.2 Å². The lowest BCUT2D eigenvalue weighted by atomic mass is 10.2. The zero-order chi connectivity index (χ0) is 21.1. The van der Waals surface area contributed by atoms with Crippen molar-refractivity contribution >= 4 is 44.8 Å². The monoisotopic (exact) mass is 444 g/mol. The fraction of sp³-hybridized carbons (Fsp3) is 0.316. The minimum atomic E-state index is -3.74. The third kappa shape index (κ3) is 5.31. The van der Waals surface area contributed by atoms with Gasteiger partial charge in [-0.25, -0.2) is 8.42 Å². The van der Waals surface area contributed by atoms with Crippen LogP contribution in [0.1, 0.15) is 12.5 Å². The van der Waals surface area contributed by atoms with Crippen LogP contribution in [-0.4, -0.2) is 45.7 Å². The molecule has 0 saturated heterocycles. The van der Waals surface area contributed by atoms with E-state index in [4.69, 9.17) is 27.9 Å². The second-order valence-electron chi connectivity index (χ2n) is 6.38. The minimum Gasteiger partial charge on any atom is -0.497 e. The molecule has 0 aliphatic heterocycles. The van der Waals surface area contributed by atoms with Crippen LogP contribution in [0.15, 0.2) is 42.5 Å². The Morgan fingerprint density at radius 1 is 1.11 bits per heavy atom. The Hall–Kier alpha value is -1.96. The number of nitrogens with zero attached hydrogens (tertiary/aromatic N) is 2. The zero-order valence-corrected chi connectivity index (χ0v) is 18.3. The standard InChI is InChI=1S/C19H22Cl2N2O4S/c1-13(19(24)22(2)12-14-5-8-16(27-3)9-6-14)23(28(4,25)26)15-7-10-17(20)18(21)11-15/h5-11,13H,12H2,1-4H3. The van der Waals surface area contributed by atoms with Crippen LogP contribution < -0.4 is 9.04 Å². The maximum Gasteiger partial charge on any atom is 0.246 e. The second-order valence-corrected chi connectivity index (χ2v) is 9.05. The van der Waals surface area contributed by atoms with E-state index in [0.29, 0.717) is 17.3 Å². The largest absolute Gasteiger partial charge is 0.497 e. The van der Waals surface area contributed by atoms with Crippen LogP contribution in [0.4, 0.5) is 5.69 Å². The van der Waals surface area contributed by atoms with Gasteiger partial charge in [0.15, 0.2) is 0 Å². The van der Waals surface area contributed by atoms with E-state index in [1.165, 1.54) is 30.0 Å². The first-order chi connectivity index (χ1) is 13.0. The number of amides is 1. The molecular formula is C19H22Cl2N2O4S. The van der Waals surface area contributed by atoms with Crippen LogP contribution in [0.2, 0.25) is 10.0 Å². The number of hydrogen-bond acceptors (Lipinski definition) is 4. The highest BCUT2D eigenvalue weighted by molar-refractivity contribution is 7.92. The average molecular weight is 445 g/mol. The molecule has 152 valence electrons. The van der Waals surface area contributed by atoms with E-state index in [1.54, 1.807) is 26.3 Å². The van der Waals surface area contributed by atoms with E-state index in [0.717, 1.165) is 16.1 Å². The Morgan fingerprint density at radius 3 is 2.21 bits per heavy atom. The molecule has 0 aliphatic carbocycles.